The molecule has 1 saturated carbocycles. The number of H-pyrrole nitrogens is 1. The zero-order chi connectivity index (χ0) is 44.9. The second-order valence-electron chi connectivity index (χ2n) is 18.3. The number of benzene rings is 3. The van der Waals surface area contributed by atoms with Gasteiger partial charge in [0.1, 0.15) is 23.8 Å². The zero-order valence-electron chi connectivity index (χ0n) is 36.4. The fourth-order valence-corrected chi connectivity index (χ4v) is 11.4. The number of nitro groups is 1. The van der Waals surface area contributed by atoms with Crippen LogP contribution in [0.15, 0.2) is 108 Å². The Bertz CT molecular complexity index is 2870. The molecule has 0 bridgehead atoms. The van der Waals surface area contributed by atoms with Crippen molar-refractivity contribution in [3.05, 3.63) is 136 Å². The van der Waals surface area contributed by atoms with Crippen LogP contribution in [0.25, 0.3) is 11.0 Å². The summed E-state index contributed by atoms with van der Waals surface area (Å²) in [5.74, 6) is -0.281. The fourth-order valence-electron chi connectivity index (χ4n) is 10.5. The highest BCUT2D eigenvalue weighted by Gasteiger charge is 2.47. The third-order valence-corrected chi connectivity index (χ3v) is 14.9. The molecule has 3 aromatic heterocycles. The lowest BCUT2D eigenvalue weighted by Crippen LogP contribution is -2.59. The number of aromatic nitrogens is 3. The van der Waals surface area contributed by atoms with Gasteiger partial charge in [0, 0.05) is 53.9 Å². The zero-order valence-corrected chi connectivity index (χ0v) is 37.2. The summed E-state index contributed by atoms with van der Waals surface area (Å²) < 4.78 is 41.9. The van der Waals surface area contributed by atoms with Crippen LogP contribution in [0.5, 0.6) is 17.4 Å². The molecule has 10 rings (SSSR count). The van der Waals surface area contributed by atoms with Gasteiger partial charge in [-0.3, -0.25) is 19.8 Å². The molecule has 4 aliphatic rings. The van der Waals surface area contributed by atoms with Crippen LogP contribution in [0, 0.1) is 15.5 Å². The Kier molecular flexibility index (Phi) is 11.2. The molecular weight excluding hydrogens is 845 g/mol. The molecule has 336 valence electrons. The van der Waals surface area contributed by atoms with E-state index in [0.717, 1.165) is 68.0 Å². The minimum Gasteiger partial charge on any atom is -0.474 e. The third kappa shape index (κ3) is 8.48. The number of likely N-dealkylation sites (tertiary alicyclic amines) is 1. The number of nitrogens with zero attached hydrogens (tertiary/aromatic N) is 5. The Balaban J connectivity index is 0.858. The number of fused-ring (bicyclic) bond motifs is 2. The van der Waals surface area contributed by atoms with Gasteiger partial charge < -0.3 is 24.7 Å². The van der Waals surface area contributed by atoms with E-state index in [1.807, 2.05) is 36.4 Å². The number of hydrogen-bond donors (Lipinski definition) is 3. The molecule has 3 aliphatic heterocycles. The van der Waals surface area contributed by atoms with Crippen molar-refractivity contribution in [1.29, 1.82) is 0 Å². The summed E-state index contributed by atoms with van der Waals surface area (Å²) in [4.78, 5) is 42.3. The van der Waals surface area contributed by atoms with Crippen LogP contribution >= 0.6 is 0 Å². The molecule has 2 saturated heterocycles. The number of anilines is 2. The van der Waals surface area contributed by atoms with Crippen molar-refractivity contribution in [3.8, 4) is 17.4 Å². The Morgan fingerprint density at radius 1 is 1.02 bits per heavy atom. The summed E-state index contributed by atoms with van der Waals surface area (Å²) in [7, 11) is -4.75. The Morgan fingerprint density at radius 3 is 2.58 bits per heavy atom. The number of sulfonamides is 1. The molecule has 1 spiro atoms. The number of aromatic amines is 1. The smallest absolute Gasteiger partial charge is 0.300 e. The van der Waals surface area contributed by atoms with Gasteiger partial charge in [-0.05, 0) is 98.4 Å². The number of carbonyl (C=O) groups excluding carboxylic acids is 1. The van der Waals surface area contributed by atoms with Gasteiger partial charge in [0.15, 0.2) is 10.7 Å². The molecule has 1 aliphatic carbocycles. The largest absolute Gasteiger partial charge is 0.474 e. The van der Waals surface area contributed by atoms with E-state index in [1.54, 1.807) is 30.5 Å². The summed E-state index contributed by atoms with van der Waals surface area (Å²) in [6.45, 7) is 7.53. The normalized spacial score (nSPS) is 19.6. The molecule has 15 nitrogen and oxygen atoms in total. The van der Waals surface area contributed by atoms with E-state index in [0.29, 0.717) is 35.8 Å². The number of rotatable bonds is 12. The standard InChI is InChI=1S/C49H52N8O7S/c1-31(2)38-11-6-7-12-39(38)41-13-8-22-56(41)35-16-19-49(20-17-35)29-55(30-49)36-14-15-40(43(25-36)64-37-24-33-18-21-50-46(33)51-27-37)47(58)54-65(61,62)44-26-42(57(59)60)45-48(53-44)63-28-34(52-45)23-32-9-4-3-5-10-32/h3-7,9-12,14-15,18,21,24-27,31,34-35,41,52H,8,13,16-17,19-20,22-23,28-30H2,1-2H3,(H,50,51)(H,54,58)/t34?,41-/m0/s1. The summed E-state index contributed by atoms with van der Waals surface area (Å²) in [6.07, 6.45) is 10.8. The first kappa shape index (κ1) is 42.4. The lowest BCUT2D eigenvalue weighted by Gasteiger charge is -2.55. The maximum atomic E-state index is 14.0. The molecule has 3 fully saturated rings. The second-order valence-corrected chi connectivity index (χ2v) is 20.0. The van der Waals surface area contributed by atoms with Crippen LogP contribution in [0.1, 0.15) is 91.4 Å². The lowest BCUT2D eigenvalue weighted by molar-refractivity contribution is -0.384. The van der Waals surface area contributed by atoms with Crippen molar-refractivity contribution in [2.45, 2.75) is 87.9 Å². The van der Waals surface area contributed by atoms with E-state index in [2.05, 4.69) is 72.9 Å². The lowest BCUT2D eigenvalue weighted by atomic mass is 9.67. The Labute approximate surface area is 377 Å². The first-order chi connectivity index (χ1) is 31.4. The van der Waals surface area contributed by atoms with Gasteiger partial charge in [-0.2, -0.15) is 13.4 Å². The van der Waals surface area contributed by atoms with Gasteiger partial charge in [-0.25, -0.2) is 9.71 Å². The number of carbonyl (C=O) groups is 1. The van der Waals surface area contributed by atoms with Crippen molar-refractivity contribution in [2.75, 3.05) is 36.5 Å². The Hall–Kier alpha value is -6.52. The first-order valence-electron chi connectivity index (χ1n) is 22.5. The minimum absolute atomic E-state index is 0.0314. The average Bonchev–Trinajstić information content (AvgIpc) is 3.98. The number of pyridine rings is 2. The second kappa shape index (κ2) is 17.1. The first-order valence-corrected chi connectivity index (χ1v) is 23.9. The number of amides is 1. The highest BCUT2D eigenvalue weighted by molar-refractivity contribution is 7.90. The molecule has 16 heteroatoms. The van der Waals surface area contributed by atoms with Gasteiger partial charge in [-0.15, -0.1) is 0 Å². The van der Waals surface area contributed by atoms with E-state index in [4.69, 9.17) is 9.47 Å². The summed E-state index contributed by atoms with van der Waals surface area (Å²) in [5.41, 5.74) is 5.01. The van der Waals surface area contributed by atoms with Crippen LogP contribution in [-0.2, 0) is 16.4 Å². The molecule has 1 amide bonds. The van der Waals surface area contributed by atoms with Crippen molar-refractivity contribution >= 4 is 44.0 Å². The number of hydrogen-bond acceptors (Lipinski definition) is 12. The van der Waals surface area contributed by atoms with E-state index in [1.165, 1.54) is 30.2 Å². The van der Waals surface area contributed by atoms with Crippen molar-refractivity contribution < 1.29 is 27.6 Å². The highest BCUT2D eigenvalue weighted by Crippen LogP contribution is 2.49. The molecule has 3 aromatic carbocycles. The van der Waals surface area contributed by atoms with Crippen LogP contribution in [0.4, 0.5) is 17.1 Å². The summed E-state index contributed by atoms with van der Waals surface area (Å²) >= 11 is 0. The van der Waals surface area contributed by atoms with E-state index >= 15 is 0 Å². The molecule has 3 N–H and O–H groups in total. The van der Waals surface area contributed by atoms with Gasteiger partial charge in [0.2, 0.25) is 5.88 Å². The summed E-state index contributed by atoms with van der Waals surface area (Å²) in [5, 5.41) is 15.5. The SMILES string of the molecule is CC(C)c1ccccc1[C@@H]1CCCN1C1CCC2(CC1)CN(c1ccc(C(=O)NS(=O)(=O)c3cc([N+](=O)[O-])c4c(n3)OCC(Cc3ccccc3)N4)c(Oc3cnc4[nH]ccc4c3)c1)C2. The van der Waals surface area contributed by atoms with E-state index < -0.39 is 31.6 Å². The molecule has 65 heavy (non-hydrogen) atoms. The summed E-state index contributed by atoms with van der Waals surface area (Å²) in [6, 6.07) is 28.8. The van der Waals surface area contributed by atoms with Gasteiger partial charge in [0.05, 0.1) is 28.8 Å². The fraction of sp³-hybridized carbons (Fsp3) is 0.367. The monoisotopic (exact) mass is 896 g/mol. The van der Waals surface area contributed by atoms with Crippen molar-refractivity contribution in [2.24, 2.45) is 5.41 Å². The highest BCUT2D eigenvalue weighted by atomic mass is 32.2. The molecule has 1 unspecified atom stereocenters. The van der Waals surface area contributed by atoms with Crippen molar-refractivity contribution in [3.63, 3.8) is 0 Å². The molecule has 6 heterocycles. The van der Waals surface area contributed by atoms with Crippen LogP contribution < -0.4 is 24.4 Å². The quantitative estimate of drug-likeness (QED) is 0.0784. The maximum Gasteiger partial charge on any atom is 0.300 e. The van der Waals surface area contributed by atoms with Crippen LogP contribution in [0.2, 0.25) is 0 Å². The molecule has 2 atom stereocenters. The number of ether oxygens (including phenoxy) is 2. The predicted octanol–water partition coefficient (Wildman–Crippen LogP) is 8.90. The molecule has 6 aromatic rings. The third-order valence-electron chi connectivity index (χ3n) is 13.7. The predicted molar refractivity (Wildman–Crippen MR) is 247 cm³/mol. The van der Waals surface area contributed by atoms with E-state index in [-0.39, 0.29) is 40.9 Å². The molecule has 0 radical (unpaired) electrons. The maximum absolute atomic E-state index is 14.0. The van der Waals surface area contributed by atoms with Crippen LogP contribution in [0.3, 0.4) is 0 Å². The van der Waals surface area contributed by atoms with Crippen molar-refractivity contribution in [1.82, 2.24) is 24.6 Å². The number of nitrogens with one attached hydrogen (secondary N) is 3. The van der Waals surface area contributed by atoms with Gasteiger partial charge in [-0.1, -0.05) is 68.4 Å². The Morgan fingerprint density at radius 2 is 1.80 bits per heavy atom. The average molecular weight is 897 g/mol. The topological polar surface area (TPSA) is 185 Å². The molecular formula is C49H52N8O7S. The minimum atomic E-state index is -4.75. The van der Waals surface area contributed by atoms with Gasteiger partial charge >= 0.3 is 5.69 Å². The van der Waals surface area contributed by atoms with Crippen LogP contribution in [-0.4, -0.2) is 77.4 Å². The van der Waals surface area contributed by atoms with Gasteiger partial charge in [0.25, 0.3) is 15.9 Å². The van der Waals surface area contributed by atoms with E-state index in [9.17, 15) is 23.3 Å².